The number of carbonyl (C=O) groups is 2. The van der Waals surface area contributed by atoms with Crippen LogP contribution in [0.5, 0.6) is 0 Å². The summed E-state index contributed by atoms with van der Waals surface area (Å²) in [5, 5.41) is 2.62. The minimum Gasteiger partial charge on any atom is -0.457 e. The fraction of sp³-hybridized carbons (Fsp3) is 0.500. The van der Waals surface area contributed by atoms with Crippen molar-refractivity contribution < 1.29 is 14.3 Å². The van der Waals surface area contributed by atoms with Crippen molar-refractivity contribution in [2.45, 2.75) is 86.4 Å². The lowest BCUT2D eigenvalue weighted by molar-refractivity contribution is -0.176. The Bertz CT molecular complexity index is 1090. The van der Waals surface area contributed by atoms with Gasteiger partial charge in [0.15, 0.2) is 11.0 Å². The first kappa shape index (κ1) is 25.2. The van der Waals surface area contributed by atoms with Crippen LogP contribution in [0.1, 0.15) is 64.2 Å². The fourth-order valence-electron chi connectivity index (χ4n) is 4.88. The van der Waals surface area contributed by atoms with E-state index in [1.807, 2.05) is 32.0 Å². The molecule has 4 rings (SSSR count). The number of Topliss-reactive ketones (excluding diaryl/α,β-unsaturated/α-hetero) is 1. The van der Waals surface area contributed by atoms with Gasteiger partial charge >= 0.3 is 5.97 Å². The first-order valence-corrected chi connectivity index (χ1v) is 13.4. The Morgan fingerprint density at radius 2 is 1.97 bits per heavy atom. The topological polar surface area (TPSA) is 55.4 Å². The summed E-state index contributed by atoms with van der Waals surface area (Å²) in [5.74, 6) is -0.394. The summed E-state index contributed by atoms with van der Waals surface area (Å²) in [6.07, 6.45) is 2.57. The second-order valence-electron chi connectivity index (χ2n) is 10.9. The van der Waals surface area contributed by atoms with Crippen LogP contribution in [0.15, 0.2) is 46.2 Å². The lowest BCUT2D eigenvalue weighted by atomic mass is 9.78. The smallest absolute Gasteiger partial charge is 0.327 e. The van der Waals surface area contributed by atoms with Gasteiger partial charge in [0.1, 0.15) is 5.60 Å². The van der Waals surface area contributed by atoms with Gasteiger partial charge in [0.05, 0.1) is 0 Å². The number of benzene rings is 2. The summed E-state index contributed by atoms with van der Waals surface area (Å²) in [6, 6.07) is 12.4. The van der Waals surface area contributed by atoms with Crippen LogP contribution in [-0.4, -0.2) is 29.1 Å². The van der Waals surface area contributed by atoms with E-state index in [0.29, 0.717) is 6.42 Å². The van der Waals surface area contributed by atoms with Gasteiger partial charge in [0, 0.05) is 28.4 Å². The van der Waals surface area contributed by atoms with E-state index < -0.39 is 16.8 Å². The molecule has 0 aliphatic carbocycles. The van der Waals surface area contributed by atoms with Crippen LogP contribution in [0.3, 0.4) is 0 Å². The van der Waals surface area contributed by atoms with Crippen LogP contribution in [0.4, 0.5) is 5.69 Å². The summed E-state index contributed by atoms with van der Waals surface area (Å²) >= 11 is 5.80. The molecule has 182 valence electrons. The van der Waals surface area contributed by atoms with Gasteiger partial charge < -0.3 is 10.1 Å². The van der Waals surface area contributed by atoms with Crippen LogP contribution in [-0.2, 0) is 32.6 Å². The highest BCUT2D eigenvalue weighted by molar-refractivity contribution is 8.01. The molecule has 1 fully saturated rings. The average molecular weight is 498 g/mol. The minimum atomic E-state index is -0.818. The van der Waals surface area contributed by atoms with Crippen molar-refractivity contribution in [1.82, 2.24) is 0 Å². The molecule has 2 aromatic rings. The number of cyclic esters (lactones) is 1. The highest BCUT2D eigenvalue weighted by Crippen LogP contribution is 2.44. The van der Waals surface area contributed by atoms with Crippen LogP contribution >= 0.6 is 24.4 Å². The van der Waals surface area contributed by atoms with E-state index in [9.17, 15) is 9.59 Å². The summed E-state index contributed by atoms with van der Waals surface area (Å²) in [4.78, 5) is 28.7. The third-order valence-electron chi connectivity index (χ3n) is 7.05. The summed E-state index contributed by atoms with van der Waals surface area (Å²) < 4.78 is 6.15. The Hall–Kier alpha value is -1.92. The first-order chi connectivity index (χ1) is 16.0. The molecule has 1 saturated heterocycles. The Balaban J connectivity index is 1.56. The zero-order valence-electron chi connectivity index (χ0n) is 20.7. The highest BCUT2D eigenvalue weighted by Gasteiger charge is 2.49. The fourth-order valence-corrected chi connectivity index (χ4v) is 6.44. The number of aryl methyl sites for hydroxylation is 1. The number of ether oxygens (including phenoxy) is 1. The normalized spacial score (nSPS) is 22.5. The molecular weight excluding hydrogens is 462 g/mol. The van der Waals surface area contributed by atoms with E-state index >= 15 is 0 Å². The van der Waals surface area contributed by atoms with Crippen molar-refractivity contribution in [3.8, 4) is 0 Å². The number of nitrogens with one attached hydrogen (secondary N) is 1. The largest absolute Gasteiger partial charge is 0.457 e. The molecule has 4 nitrogen and oxygen atoms in total. The lowest BCUT2D eigenvalue weighted by Gasteiger charge is -2.41. The van der Waals surface area contributed by atoms with Crippen molar-refractivity contribution in [2.75, 3.05) is 11.9 Å². The lowest BCUT2D eigenvalue weighted by Crippen LogP contribution is -2.52. The van der Waals surface area contributed by atoms with Crippen LogP contribution in [0, 0.1) is 5.92 Å². The van der Waals surface area contributed by atoms with Gasteiger partial charge in [-0.15, -0.1) is 24.4 Å². The van der Waals surface area contributed by atoms with Gasteiger partial charge in [-0.3, -0.25) is 9.59 Å². The number of hydrogen-bond donors (Lipinski definition) is 2. The average Bonchev–Trinajstić information content (AvgIpc) is 3.21. The molecule has 2 heterocycles. The number of thiol groups is 1. The Kier molecular flexibility index (Phi) is 7.12. The SMILES string of the molecule is CC(C)[C@]1(CCc2cccc(S)c2)CC(=O)C(Sc2cc3c(cc2C(C)(C)C)NCC3)C(=O)O1. The molecule has 2 aliphatic rings. The molecule has 6 heteroatoms. The van der Waals surface area contributed by atoms with E-state index in [2.05, 4.69) is 56.9 Å². The second kappa shape index (κ2) is 9.62. The third-order valence-corrected chi connectivity index (χ3v) is 8.61. The molecule has 34 heavy (non-hydrogen) atoms. The van der Waals surface area contributed by atoms with E-state index in [1.54, 1.807) is 0 Å². The van der Waals surface area contributed by atoms with Crippen molar-refractivity contribution in [3.05, 3.63) is 53.1 Å². The Labute approximate surface area is 213 Å². The molecule has 0 spiro atoms. The van der Waals surface area contributed by atoms with Crippen LogP contribution in [0.25, 0.3) is 0 Å². The van der Waals surface area contributed by atoms with Gasteiger partial charge in [0.25, 0.3) is 0 Å². The van der Waals surface area contributed by atoms with E-state index in [0.717, 1.165) is 46.0 Å². The van der Waals surface area contributed by atoms with Crippen LogP contribution < -0.4 is 5.32 Å². The predicted molar refractivity (Wildman–Crippen MR) is 142 cm³/mol. The quantitative estimate of drug-likeness (QED) is 0.281. The third kappa shape index (κ3) is 5.18. The maximum Gasteiger partial charge on any atom is 0.327 e. The van der Waals surface area contributed by atoms with Gasteiger partial charge in [-0.05, 0) is 71.6 Å². The van der Waals surface area contributed by atoms with Crippen molar-refractivity contribution >= 4 is 41.8 Å². The molecule has 2 aromatic carbocycles. The highest BCUT2D eigenvalue weighted by atomic mass is 32.2. The maximum atomic E-state index is 13.4. The second-order valence-corrected chi connectivity index (χ2v) is 12.5. The predicted octanol–water partition coefficient (Wildman–Crippen LogP) is 6.25. The first-order valence-electron chi connectivity index (χ1n) is 12.1. The number of fused-ring (bicyclic) bond motifs is 1. The molecule has 2 aliphatic heterocycles. The van der Waals surface area contributed by atoms with Crippen molar-refractivity contribution in [1.29, 1.82) is 0 Å². The molecule has 2 atom stereocenters. The Morgan fingerprint density at radius 3 is 2.62 bits per heavy atom. The number of hydrogen-bond acceptors (Lipinski definition) is 6. The number of thioether (sulfide) groups is 1. The van der Waals surface area contributed by atoms with Crippen molar-refractivity contribution in [3.63, 3.8) is 0 Å². The summed E-state index contributed by atoms with van der Waals surface area (Å²) in [6.45, 7) is 11.5. The van der Waals surface area contributed by atoms with E-state index in [1.165, 1.54) is 17.3 Å². The van der Waals surface area contributed by atoms with Crippen molar-refractivity contribution in [2.24, 2.45) is 5.92 Å². The molecule has 1 N–H and O–H groups in total. The number of rotatable bonds is 6. The van der Waals surface area contributed by atoms with E-state index in [4.69, 9.17) is 4.74 Å². The number of esters is 1. The zero-order chi connectivity index (χ0) is 24.7. The maximum absolute atomic E-state index is 13.4. The summed E-state index contributed by atoms with van der Waals surface area (Å²) in [7, 11) is 0. The molecule has 0 bridgehead atoms. The monoisotopic (exact) mass is 497 g/mol. The molecule has 0 aromatic heterocycles. The Morgan fingerprint density at radius 1 is 1.21 bits per heavy atom. The zero-order valence-corrected chi connectivity index (χ0v) is 22.4. The van der Waals surface area contributed by atoms with Crippen LogP contribution in [0.2, 0.25) is 0 Å². The molecule has 0 saturated carbocycles. The van der Waals surface area contributed by atoms with Gasteiger partial charge in [-0.25, -0.2) is 0 Å². The van der Waals surface area contributed by atoms with Gasteiger partial charge in [0.2, 0.25) is 0 Å². The molecular formula is C28H35NO3S2. The summed E-state index contributed by atoms with van der Waals surface area (Å²) in [5.41, 5.74) is 3.82. The molecule has 0 radical (unpaired) electrons. The standard InChI is InChI=1S/C28H35NO3S2/c1-17(2)28(11-9-18-7-6-8-20(33)13-18)16-23(30)25(26(31)32-28)34-24-14-19-10-12-29-22(19)15-21(24)27(3,4)5/h6-8,13-15,17,25,29,33H,9-12,16H2,1-5H3/t25?,28-/m0/s1. The van der Waals surface area contributed by atoms with Gasteiger partial charge in [-0.1, -0.05) is 46.8 Å². The molecule has 1 unspecified atom stereocenters. The van der Waals surface area contributed by atoms with Gasteiger partial charge in [-0.2, -0.15) is 0 Å². The number of ketones is 1. The molecule has 0 amide bonds. The number of anilines is 1. The van der Waals surface area contributed by atoms with E-state index in [-0.39, 0.29) is 23.5 Å². The minimum absolute atomic E-state index is 0.0311. The number of carbonyl (C=O) groups excluding carboxylic acids is 2.